The van der Waals surface area contributed by atoms with Gasteiger partial charge in [0.15, 0.2) is 0 Å². The second-order valence-electron chi connectivity index (χ2n) is 4.77. The zero-order valence-corrected chi connectivity index (χ0v) is 11.4. The van der Waals surface area contributed by atoms with E-state index in [1.165, 1.54) is 38.6 Å². The van der Waals surface area contributed by atoms with Crippen LogP contribution in [0.25, 0.3) is 0 Å². The fraction of sp³-hybridized carbons (Fsp3) is 1.00. The third-order valence-corrected chi connectivity index (χ3v) is 8.70. The Morgan fingerprint density at radius 1 is 1.29 bits per heavy atom. The van der Waals surface area contributed by atoms with Crippen molar-refractivity contribution in [3.63, 3.8) is 0 Å². The first-order valence-electron chi connectivity index (χ1n) is 6.54. The molecule has 14 heavy (non-hydrogen) atoms. The van der Waals surface area contributed by atoms with Crippen LogP contribution in [0.3, 0.4) is 0 Å². The Labute approximate surface area is 91.3 Å². The molecule has 0 aliphatic carbocycles. The minimum atomic E-state index is -0.478. The summed E-state index contributed by atoms with van der Waals surface area (Å²) < 4.78 is 0. The topological polar surface area (TPSA) is 12.0 Å². The van der Waals surface area contributed by atoms with E-state index >= 15 is 0 Å². The van der Waals surface area contributed by atoms with Crippen molar-refractivity contribution in [3.8, 4) is 0 Å². The van der Waals surface area contributed by atoms with Crippen molar-refractivity contribution in [2.45, 2.75) is 70.1 Å². The summed E-state index contributed by atoms with van der Waals surface area (Å²) in [4.78, 5) is 0. The van der Waals surface area contributed by atoms with E-state index in [0.29, 0.717) is 5.16 Å². The highest BCUT2D eigenvalue weighted by atomic mass is 28.3. The molecule has 1 fully saturated rings. The largest absolute Gasteiger partial charge is 0.314 e. The molecule has 0 radical (unpaired) electrons. The van der Waals surface area contributed by atoms with Crippen LogP contribution in [0.5, 0.6) is 0 Å². The normalized spacial score (nSPS) is 32.4. The van der Waals surface area contributed by atoms with Crippen LogP contribution in [0.4, 0.5) is 0 Å². The van der Waals surface area contributed by atoms with Gasteiger partial charge in [0.2, 0.25) is 0 Å². The molecule has 0 aromatic carbocycles. The predicted molar refractivity (Wildman–Crippen MR) is 67.6 cm³/mol. The van der Waals surface area contributed by atoms with Gasteiger partial charge in [-0.15, -0.1) is 0 Å². The first-order valence-corrected chi connectivity index (χ1v) is 8.75. The van der Waals surface area contributed by atoms with Gasteiger partial charge in [-0.25, -0.2) is 0 Å². The minimum absolute atomic E-state index is 0.478. The third kappa shape index (κ3) is 2.60. The Morgan fingerprint density at radius 2 is 2.07 bits per heavy atom. The second kappa shape index (κ2) is 5.91. The highest BCUT2D eigenvalue weighted by molar-refractivity contribution is 6.63. The van der Waals surface area contributed by atoms with Gasteiger partial charge in [0.25, 0.3) is 0 Å². The molecular weight excluding hydrogens is 186 g/mol. The lowest BCUT2D eigenvalue weighted by Gasteiger charge is -2.35. The van der Waals surface area contributed by atoms with Crippen LogP contribution in [0.1, 0.15) is 52.9 Å². The van der Waals surface area contributed by atoms with Crippen LogP contribution in [0, 0.1) is 0 Å². The molecule has 1 aliphatic rings. The molecule has 1 saturated heterocycles. The quantitative estimate of drug-likeness (QED) is 0.669. The monoisotopic (exact) mass is 213 g/mol. The van der Waals surface area contributed by atoms with Gasteiger partial charge in [0.05, 0.1) is 8.80 Å². The Hall–Kier alpha value is 0.177. The van der Waals surface area contributed by atoms with E-state index in [1.807, 2.05) is 0 Å². The molecule has 1 rings (SSSR count). The van der Waals surface area contributed by atoms with Gasteiger partial charge in [-0.05, 0) is 19.4 Å². The van der Waals surface area contributed by atoms with Crippen molar-refractivity contribution in [1.29, 1.82) is 0 Å². The fourth-order valence-corrected chi connectivity index (χ4v) is 7.87. The van der Waals surface area contributed by atoms with Crippen molar-refractivity contribution >= 4 is 8.80 Å². The van der Waals surface area contributed by atoms with Gasteiger partial charge in [-0.3, -0.25) is 0 Å². The summed E-state index contributed by atoms with van der Waals surface area (Å²) in [6.07, 6.45) is 7.21. The van der Waals surface area contributed by atoms with Gasteiger partial charge < -0.3 is 5.32 Å². The predicted octanol–water partition coefficient (Wildman–Crippen LogP) is 3.10. The van der Waals surface area contributed by atoms with Gasteiger partial charge in [-0.2, -0.15) is 0 Å². The molecule has 2 heteroatoms. The lowest BCUT2D eigenvalue weighted by atomic mass is 10.1. The van der Waals surface area contributed by atoms with Crippen LogP contribution in [-0.4, -0.2) is 20.5 Å². The zero-order valence-electron chi connectivity index (χ0n) is 10.2. The van der Waals surface area contributed by atoms with Crippen molar-refractivity contribution in [3.05, 3.63) is 0 Å². The molecule has 1 aliphatic heterocycles. The van der Waals surface area contributed by atoms with Crippen LogP contribution in [0.2, 0.25) is 12.1 Å². The Morgan fingerprint density at radius 3 is 2.64 bits per heavy atom. The minimum Gasteiger partial charge on any atom is -0.314 e. The van der Waals surface area contributed by atoms with Gasteiger partial charge in [0.1, 0.15) is 0 Å². The first kappa shape index (κ1) is 12.2. The van der Waals surface area contributed by atoms with E-state index in [1.54, 1.807) is 12.1 Å². The fourth-order valence-electron chi connectivity index (χ4n) is 3.19. The van der Waals surface area contributed by atoms with E-state index in [9.17, 15) is 0 Å². The Kier molecular flexibility index (Phi) is 5.17. The number of rotatable bonds is 6. The SMILES string of the molecule is CCCC[SiH]1CCCC1(CC)NCC. The van der Waals surface area contributed by atoms with Crippen LogP contribution in [0.15, 0.2) is 0 Å². The smallest absolute Gasteiger partial charge is 0.0605 e. The molecule has 1 heterocycles. The molecule has 0 saturated carbocycles. The van der Waals surface area contributed by atoms with Crippen molar-refractivity contribution in [2.24, 2.45) is 0 Å². The molecule has 84 valence electrons. The summed E-state index contributed by atoms with van der Waals surface area (Å²) in [6.45, 7) is 8.15. The van der Waals surface area contributed by atoms with Gasteiger partial charge in [0, 0.05) is 5.16 Å². The van der Waals surface area contributed by atoms with E-state index in [-0.39, 0.29) is 0 Å². The highest BCUT2D eigenvalue weighted by Crippen LogP contribution is 2.35. The molecular formula is C12H27NSi. The molecule has 2 atom stereocenters. The first-order chi connectivity index (χ1) is 6.79. The summed E-state index contributed by atoms with van der Waals surface area (Å²) in [5.41, 5.74) is 0. The molecule has 0 bridgehead atoms. The van der Waals surface area contributed by atoms with E-state index in [0.717, 1.165) is 0 Å². The Bertz CT molecular complexity index is 160. The summed E-state index contributed by atoms with van der Waals surface area (Å²) in [5.74, 6) is 0. The summed E-state index contributed by atoms with van der Waals surface area (Å²) >= 11 is 0. The molecule has 0 spiro atoms. The highest BCUT2D eigenvalue weighted by Gasteiger charge is 2.40. The Balaban J connectivity index is 2.53. The van der Waals surface area contributed by atoms with Gasteiger partial charge in [-0.1, -0.05) is 52.1 Å². The molecule has 0 aromatic heterocycles. The number of hydrogen-bond acceptors (Lipinski definition) is 1. The number of hydrogen-bond donors (Lipinski definition) is 1. The maximum atomic E-state index is 3.83. The molecule has 0 amide bonds. The lowest BCUT2D eigenvalue weighted by molar-refractivity contribution is 0.428. The molecule has 1 nitrogen and oxygen atoms in total. The standard InChI is InChI=1S/C12H27NSi/c1-4-7-10-14-11-8-9-12(14,5-2)13-6-3/h13-14H,4-11H2,1-3H3. The van der Waals surface area contributed by atoms with Crippen molar-refractivity contribution in [2.75, 3.05) is 6.54 Å². The summed E-state index contributed by atoms with van der Waals surface area (Å²) in [6, 6.07) is 3.18. The average molecular weight is 213 g/mol. The van der Waals surface area contributed by atoms with E-state index in [4.69, 9.17) is 0 Å². The third-order valence-electron chi connectivity index (χ3n) is 4.02. The van der Waals surface area contributed by atoms with Crippen molar-refractivity contribution in [1.82, 2.24) is 5.32 Å². The average Bonchev–Trinajstić information content (AvgIpc) is 2.59. The van der Waals surface area contributed by atoms with E-state index < -0.39 is 8.80 Å². The van der Waals surface area contributed by atoms with E-state index in [2.05, 4.69) is 26.1 Å². The summed E-state index contributed by atoms with van der Waals surface area (Å²) in [5, 5.41) is 4.47. The van der Waals surface area contributed by atoms with Crippen molar-refractivity contribution < 1.29 is 0 Å². The maximum absolute atomic E-state index is 3.83. The number of nitrogens with one attached hydrogen (secondary N) is 1. The summed E-state index contributed by atoms with van der Waals surface area (Å²) in [7, 11) is -0.478. The second-order valence-corrected chi connectivity index (χ2v) is 8.43. The molecule has 1 N–H and O–H groups in total. The van der Waals surface area contributed by atoms with Gasteiger partial charge >= 0.3 is 0 Å². The maximum Gasteiger partial charge on any atom is 0.0605 e. The number of unbranched alkanes of at least 4 members (excludes halogenated alkanes) is 1. The van der Waals surface area contributed by atoms with Crippen LogP contribution in [-0.2, 0) is 0 Å². The van der Waals surface area contributed by atoms with Crippen LogP contribution >= 0.6 is 0 Å². The zero-order chi connectivity index (χ0) is 10.4. The molecule has 0 aromatic rings. The van der Waals surface area contributed by atoms with Crippen LogP contribution < -0.4 is 5.32 Å². The lowest BCUT2D eigenvalue weighted by Crippen LogP contribution is -2.53. The molecule has 2 unspecified atom stereocenters.